The van der Waals surface area contributed by atoms with Crippen molar-refractivity contribution in [3.8, 4) is 0 Å². The van der Waals surface area contributed by atoms with Gasteiger partial charge in [-0.05, 0) is 11.1 Å². The van der Waals surface area contributed by atoms with Gasteiger partial charge in [-0.1, -0.05) is 24.3 Å². The molecule has 2 heterocycles. The molecule has 0 radical (unpaired) electrons. The molecule has 0 atom stereocenters. The van der Waals surface area contributed by atoms with Crippen molar-refractivity contribution in [2.24, 2.45) is 0 Å². The van der Waals surface area contributed by atoms with Crippen LogP contribution in [-0.2, 0) is 16.9 Å². The van der Waals surface area contributed by atoms with Gasteiger partial charge in [-0.3, -0.25) is 0 Å². The number of rotatable bonds is 0. The first-order valence-corrected chi connectivity index (χ1v) is 4.34. The van der Waals surface area contributed by atoms with Gasteiger partial charge in [-0.25, -0.2) is 0 Å². The van der Waals surface area contributed by atoms with Gasteiger partial charge in [0.2, 0.25) is 0 Å². The van der Waals surface area contributed by atoms with E-state index in [4.69, 9.17) is 4.74 Å². The molecule has 2 aliphatic heterocycles. The Kier molecular flexibility index (Phi) is 1.15. The van der Waals surface area contributed by atoms with Crippen LogP contribution >= 0.6 is 0 Å². The Morgan fingerprint density at radius 1 is 1.25 bits per heavy atom. The van der Waals surface area contributed by atoms with Crippen LogP contribution in [0.2, 0.25) is 0 Å². The summed E-state index contributed by atoms with van der Waals surface area (Å²) < 4.78 is 5.78. The van der Waals surface area contributed by atoms with Gasteiger partial charge in [0, 0.05) is 13.1 Å². The number of ether oxygens (including phenoxy) is 1. The molecule has 12 heavy (non-hydrogen) atoms. The second-order valence-corrected chi connectivity index (χ2v) is 3.54. The highest BCUT2D eigenvalue weighted by Gasteiger charge is 2.44. The van der Waals surface area contributed by atoms with E-state index in [-0.39, 0.29) is 5.60 Å². The molecule has 1 aromatic rings. The third kappa shape index (κ3) is 0.667. The van der Waals surface area contributed by atoms with Gasteiger partial charge in [0.15, 0.2) is 0 Å². The van der Waals surface area contributed by atoms with E-state index >= 15 is 0 Å². The van der Waals surface area contributed by atoms with E-state index in [0.717, 1.165) is 19.7 Å². The summed E-state index contributed by atoms with van der Waals surface area (Å²) in [5, 5.41) is 3.26. The van der Waals surface area contributed by atoms with E-state index < -0.39 is 0 Å². The summed E-state index contributed by atoms with van der Waals surface area (Å²) in [4.78, 5) is 0. The van der Waals surface area contributed by atoms with Crippen LogP contribution in [0, 0.1) is 0 Å². The maximum atomic E-state index is 5.78. The van der Waals surface area contributed by atoms with Crippen molar-refractivity contribution < 1.29 is 4.74 Å². The minimum Gasteiger partial charge on any atom is -0.363 e. The van der Waals surface area contributed by atoms with Gasteiger partial charge >= 0.3 is 0 Å². The summed E-state index contributed by atoms with van der Waals surface area (Å²) in [5.74, 6) is 0. The maximum Gasteiger partial charge on any atom is 0.119 e. The molecule has 2 aliphatic rings. The number of nitrogens with one attached hydrogen (secondary N) is 1. The second-order valence-electron chi connectivity index (χ2n) is 3.54. The quantitative estimate of drug-likeness (QED) is 0.613. The fourth-order valence-electron chi connectivity index (χ4n) is 2.03. The monoisotopic (exact) mass is 161 g/mol. The highest BCUT2D eigenvalue weighted by molar-refractivity contribution is 5.37. The lowest BCUT2D eigenvalue weighted by molar-refractivity contribution is -0.0746. The van der Waals surface area contributed by atoms with Crippen LogP contribution in [0.25, 0.3) is 0 Å². The molecule has 1 aromatic carbocycles. The van der Waals surface area contributed by atoms with E-state index in [1.165, 1.54) is 11.1 Å². The lowest BCUT2D eigenvalue weighted by atomic mass is 9.87. The summed E-state index contributed by atoms with van der Waals surface area (Å²) in [6.07, 6.45) is 0. The van der Waals surface area contributed by atoms with Crippen molar-refractivity contribution in [2.45, 2.75) is 12.2 Å². The summed E-state index contributed by atoms with van der Waals surface area (Å²) in [5.41, 5.74) is 2.79. The van der Waals surface area contributed by atoms with Crippen LogP contribution in [0.15, 0.2) is 24.3 Å². The Balaban J connectivity index is 2.13. The van der Waals surface area contributed by atoms with E-state index in [0.29, 0.717) is 0 Å². The number of fused-ring (bicyclic) bond motifs is 2. The predicted molar refractivity (Wildman–Crippen MR) is 45.8 cm³/mol. The average molecular weight is 161 g/mol. The zero-order chi connectivity index (χ0) is 8.02. The van der Waals surface area contributed by atoms with Gasteiger partial charge < -0.3 is 10.1 Å². The zero-order valence-corrected chi connectivity index (χ0v) is 6.84. The van der Waals surface area contributed by atoms with Crippen LogP contribution < -0.4 is 5.32 Å². The average Bonchev–Trinajstić information content (AvgIpc) is 2.42. The van der Waals surface area contributed by atoms with Gasteiger partial charge in [0.1, 0.15) is 5.60 Å². The van der Waals surface area contributed by atoms with Crippen LogP contribution in [0.4, 0.5) is 0 Å². The topological polar surface area (TPSA) is 21.3 Å². The third-order valence-corrected chi connectivity index (χ3v) is 2.83. The smallest absolute Gasteiger partial charge is 0.119 e. The fraction of sp³-hybridized carbons (Fsp3) is 0.400. The van der Waals surface area contributed by atoms with Crippen LogP contribution in [0.3, 0.4) is 0 Å². The molecule has 0 amide bonds. The van der Waals surface area contributed by atoms with E-state index in [9.17, 15) is 0 Å². The van der Waals surface area contributed by atoms with E-state index in [2.05, 4.69) is 29.6 Å². The minimum absolute atomic E-state index is 0.0383. The lowest BCUT2D eigenvalue weighted by Crippen LogP contribution is -2.56. The van der Waals surface area contributed by atoms with Crippen LogP contribution in [-0.4, -0.2) is 13.1 Å². The molecule has 0 aliphatic carbocycles. The molecule has 3 rings (SSSR count). The lowest BCUT2D eigenvalue weighted by Gasteiger charge is -2.38. The van der Waals surface area contributed by atoms with Gasteiger partial charge in [0.25, 0.3) is 0 Å². The Morgan fingerprint density at radius 3 is 2.83 bits per heavy atom. The van der Waals surface area contributed by atoms with Crippen molar-refractivity contribution in [3.05, 3.63) is 35.4 Å². The van der Waals surface area contributed by atoms with Crippen LogP contribution in [0.5, 0.6) is 0 Å². The highest BCUT2D eigenvalue weighted by Crippen LogP contribution is 2.38. The molecule has 1 spiro atoms. The molecule has 2 nitrogen and oxygen atoms in total. The number of benzene rings is 1. The van der Waals surface area contributed by atoms with Crippen molar-refractivity contribution in [2.75, 3.05) is 13.1 Å². The molecule has 0 saturated carbocycles. The van der Waals surface area contributed by atoms with Gasteiger partial charge in [-0.15, -0.1) is 0 Å². The van der Waals surface area contributed by atoms with Crippen molar-refractivity contribution in [1.29, 1.82) is 0 Å². The Labute approximate surface area is 71.5 Å². The van der Waals surface area contributed by atoms with Crippen molar-refractivity contribution >= 4 is 0 Å². The molecule has 1 fully saturated rings. The number of hydrogen-bond donors (Lipinski definition) is 1. The first-order valence-electron chi connectivity index (χ1n) is 4.34. The summed E-state index contributed by atoms with van der Waals surface area (Å²) in [6.45, 7) is 2.74. The summed E-state index contributed by atoms with van der Waals surface area (Å²) in [6, 6.07) is 8.51. The Bertz CT molecular complexity index is 317. The molecular formula is C10H11NO. The molecule has 0 unspecified atom stereocenters. The highest BCUT2D eigenvalue weighted by atomic mass is 16.5. The first-order chi connectivity index (χ1) is 5.91. The largest absolute Gasteiger partial charge is 0.363 e. The third-order valence-electron chi connectivity index (χ3n) is 2.83. The van der Waals surface area contributed by atoms with E-state index in [1.807, 2.05) is 0 Å². The zero-order valence-electron chi connectivity index (χ0n) is 6.84. The normalized spacial score (nSPS) is 23.7. The standard InChI is InChI=1S/C10H11NO/c1-2-4-9-8(3-1)5-12-10(9)6-11-7-10/h1-4,11H,5-7H2. The maximum absolute atomic E-state index is 5.78. The first kappa shape index (κ1) is 6.63. The Hall–Kier alpha value is -0.860. The minimum atomic E-state index is 0.0383. The molecule has 2 heteroatoms. The molecule has 1 saturated heterocycles. The Morgan fingerprint density at radius 2 is 2.08 bits per heavy atom. The molecule has 0 aromatic heterocycles. The van der Waals surface area contributed by atoms with Crippen molar-refractivity contribution in [3.63, 3.8) is 0 Å². The van der Waals surface area contributed by atoms with Gasteiger partial charge in [-0.2, -0.15) is 0 Å². The van der Waals surface area contributed by atoms with Crippen molar-refractivity contribution in [1.82, 2.24) is 5.32 Å². The van der Waals surface area contributed by atoms with Crippen LogP contribution in [0.1, 0.15) is 11.1 Å². The SMILES string of the molecule is c1ccc2c(c1)COC21CNC1. The molecule has 62 valence electrons. The molecule has 1 N–H and O–H groups in total. The molecular weight excluding hydrogens is 150 g/mol. The molecule has 0 bridgehead atoms. The fourth-order valence-corrected chi connectivity index (χ4v) is 2.03. The summed E-state index contributed by atoms with van der Waals surface area (Å²) >= 11 is 0. The number of hydrogen-bond acceptors (Lipinski definition) is 2. The summed E-state index contributed by atoms with van der Waals surface area (Å²) in [7, 11) is 0. The van der Waals surface area contributed by atoms with Gasteiger partial charge in [0.05, 0.1) is 6.61 Å². The predicted octanol–water partition coefficient (Wildman–Crippen LogP) is 1.02. The second kappa shape index (κ2) is 2.09. The van der Waals surface area contributed by atoms with E-state index in [1.54, 1.807) is 0 Å².